The lowest BCUT2D eigenvalue weighted by Crippen LogP contribution is -2.03. The van der Waals surface area contributed by atoms with Crippen molar-refractivity contribution in [1.29, 1.82) is 0 Å². The molecule has 0 spiro atoms. The molecule has 2 aromatic carbocycles. The third-order valence-corrected chi connectivity index (χ3v) is 3.28. The third kappa shape index (κ3) is 3.42. The average Bonchev–Trinajstić information content (AvgIpc) is 2.58. The van der Waals surface area contributed by atoms with Crippen molar-refractivity contribution in [2.24, 2.45) is 0 Å². The number of ether oxygens (including phenoxy) is 3. The molecule has 0 unspecified atom stereocenters. The number of hydrogen-bond acceptors (Lipinski definition) is 5. The van der Waals surface area contributed by atoms with Crippen molar-refractivity contribution in [3.05, 3.63) is 63.7 Å². The van der Waals surface area contributed by atoms with Gasteiger partial charge < -0.3 is 14.2 Å². The molecule has 0 atom stereocenters. The van der Waals surface area contributed by atoms with Gasteiger partial charge in [0.15, 0.2) is 11.5 Å². The molecule has 2 rings (SSSR count). The molecule has 0 N–H and O–H groups in total. The second-order valence-corrected chi connectivity index (χ2v) is 4.58. The number of nitro groups is 1. The average molecular weight is 315 g/mol. The third-order valence-electron chi connectivity index (χ3n) is 3.28. The Kier molecular flexibility index (Phi) is 5.19. The predicted molar refractivity (Wildman–Crippen MR) is 87.4 cm³/mol. The summed E-state index contributed by atoms with van der Waals surface area (Å²) in [5.74, 6) is 1.01. The molecule has 0 saturated carbocycles. The van der Waals surface area contributed by atoms with E-state index in [2.05, 4.69) is 0 Å². The fourth-order valence-electron chi connectivity index (χ4n) is 2.24. The number of methoxy groups -OCH3 is 3. The first-order chi connectivity index (χ1) is 11.1. The van der Waals surface area contributed by atoms with Gasteiger partial charge in [-0.15, -0.1) is 0 Å². The summed E-state index contributed by atoms with van der Waals surface area (Å²) in [7, 11) is 4.38. The van der Waals surface area contributed by atoms with Crippen LogP contribution >= 0.6 is 0 Å². The number of hydrogen-bond donors (Lipinski definition) is 0. The van der Waals surface area contributed by atoms with Crippen LogP contribution in [0.3, 0.4) is 0 Å². The fourth-order valence-corrected chi connectivity index (χ4v) is 2.24. The maximum absolute atomic E-state index is 11.5. The SMILES string of the molecule is COc1ccc(C(=Cc2ccccc2)[N+](=O)[O-])c(OC)c1OC. The first-order valence-corrected chi connectivity index (χ1v) is 6.82. The molecular weight excluding hydrogens is 298 g/mol. The van der Waals surface area contributed by atoms with Gasteiger partial charge in [-0.1, -0.05) is 30.3 Å². The molecule has 2 aromatic rings. The van der Waals surface area contributed by atoms with E-state index < -0.39 is 4.92 Å². The van der Waals surface area contributed by atoms with Crippen LogP contribution in [-0.2, 0) is 0 Å². The lowest BCUT2D eigenvalue weighted by Gasteiger charge is -2.14. The summed E-state index contributed by atoms with van der Waals surface area (Å²) in [5, 5.41) is 11.5. The van der Waals surface area contributed by atoms with E-state index in [0.29, 0.717) is 17.1 Å². The predicted octanol–water partition coefficient (Wildman–Crippen LogP) is 3.49. The Hall–Kier alpha value is -3.02. The van der Waals surface area contributed by atoms with Crippen LogP contribution in [-0.4, -0.2) is 26.3 Å². The molecule has 6 nitrogen and oxygen atoms in total. The van der Waals surface area contributed by atoms with Crippen LogP contribution in [0.5, 0.6) is 17.2 Å². The van der Waals surface area contributed by atoms with Gasteiger partial charge in [0.1, 0.15) is 0 Å². The minimum absolute atomic E-state index is 0.0889. The molecule has 0 aliphatic carbocycles. The van der Waals surface area contributed by atoms with Crippen molar-refractivity contribution < 1.29 is 19.1 Å². The summed E-state index contributed by atoms with van der Waals surface area (Å²) in [5.41, 5.74) is 0.948. The van der Waals surface area contributed by atoms with E-state index >= 15 is 0 Å². The van der Waals surface area contributed by atoms with Crippen molar-refractivity contribution in [3.8, 4) is 17.2 Å². The van der Waals surface area contributed by atoms with E-state index in [-0.39, 0.29) is 11.4 Å². The van der Waals surface area contributed by atoms with Gasteiger partial charge in [-0.2, -0.15) is 0 Å². The maximum Gasteiger partial charge on any atom is 0.281 e. The topological polar surface area (TPSA) is 70.8 Å². The summed E-state index contributed by atoms with van der Waals surface area (Å²) in [4.78, 5) is 11.1. The molecule has 6 heteroatoms. The molecule has 120 valence electrons. The molecule has 0 aromatic heterocycles. The zero-order valence-corrected chi connectivity index (χ0v) is 13.1. The summed E-state index contributed by atoms with van der Waals surface area (Å²) in [6.45, 7) is 0. The highest BCUT2D eigenvalue weighted by atomic mass is 16.6. The summed E-state index contributed by atoms with van der Waals surface area (Å²) in [6.07, 6.45) is 1.49. The largest absolute Gasteiger partial charge is 0.493 e. The van der Waals surface area contributed by atoms with Gasteiger partial charge in [0.25, 0.3) is 5.70 Å². The minimum atomic E-state index is -0.448. The van der Waals surface area contributed by atoms with Crippen LogP contribution in [0.25, 0.3) is 11.8 Å². The van der Waals surface area contributed by atoms with E-state index in [1.165, 1.54) is 27.4 Å². The van der Waals surface area contributed by atoms with Gasteiger partial charge in [0, 0.05) is 6.08 Å². The molecule has 0 bridgehead atoms. The van der Waals surface area contributed by atoms with E-state index in [0.717, 1.165) is 5.56 Å². The second-order valence-electron chi connectivity index (χ2n) is 4.58. The smallest absolute Gasteiger partial charge is 0.281 e. The van der Waals surface area contributed by atoms with Crippen LogP contribution in [0.4, 0.5) is 0 Å². The molecule has 0 aliphatic heterocycles. The quantitative estimate of drug-likeness (QED) is 0.463. The lowest BCUT2D eigenvalue weighted by molar-refractivity contribution is -0.374. The first-order valence-electron chi connectivity index (χ1n) is 6.82. The fraction of sp³-hybridized carbons (Fsp3) is 0.176. The normalized spacial score (nSPS) is 11.0. The Labute approximate surface area is 134 Å². The Morgan fingerprint density at radius 2 is 1.61 bits per heavy atom. The Morgan fingerprint density at radius 1 is 0.957 bits per heavy atom. The molecule has 0 radical (unpaired) electrons. The Bertz CT molecular complexity index is 725. The molecule has 0 heterocycles. The maximum atomic E-state index is 11.5. The highest BCUT2D eigenvalue weighted by molar-refractivity contribution is 5.81. The number of nitrogens with zero attached hydrogens (tertiary/aromatic N) is 1. The highest BCUT2D eigenvalue weighted by Crippen LogP contribution is 2.42. The van der Waals surface area contributed by atoms with Gasteiger partial charge in [-0.05, 0) is 17.7 Å². The van der Waals surface area contributed by atoms with Gasteiger partial charge in [-0.3, -0.25) is 10.1 Å². The summed E-state index contributed by atoms with van der Waals surface area (Å²) < 4.78 is 15.8. The van der Waals surface area contributed by atoms with Crippen LogP contribution in [0.2, 0.25) is 0 Å². The van der Waals surface area contributed by atoms with Gasteiger partial charge in [0.2, 0.25) is 5.75 Å². The van der Waals surface area contributed by atoms with Crippen molar-refractivity contribution in [2.75, 3.05) is 21.3 Å². The Balaban J connectivity index is 2.65. The number of benzene rings is 2. The second kappa shape index (κ2) is 7.31. The van der Waals surface area contributed by atoms with E-state index in [9.17, 15) is 10.1 Å². The highest BCUT2D eigenvalue weighted by Gasteiger charge is 2.24. The zero-order valence-electron chi connectivity index (χ0n) is 13.1. The van der Waals surface area contributed by atoms with Crippen molar-refractivity contribution in [1.82, 2.24) is 0 Å². The number of rotatable bonds is 6. The van der Waals surface area contributed by atoms with Crippen LogP contribution in [0.15, 0.2) is 42.5 Å². The van der Waals surface area contributed by atoms with Gasteiger partial charge in [0.05, 0.1) is 31.8 Å². The molecule has 0 saturated heterocycles. The van der Waals surface area contributed by atoms with Crippen molar-refractivity contribution in [3.63, 3.8) is 0 Å². The molecular formula is C17H17NO5. The van der Waals surface area contributed by atoms with Crippen LogP contribution in [0, 0.1) is 10.1 Å². The van der Waals surface area contributed by atoms with Gasteiger partial charge >= 0.3 is 0 Å². The Morgan fingerprint density at radius 3 is 2.13 bits per heavy atom. The summed E-state index contributed by atoms with van der Waals surface area (Å²) >= 11 is 0. The molecule has 0 aliphatic rings. The van der Waals surface area contributed by atoms with E-state index in [1.54, 1.807) is 24.3 Å². The van der Waals surface area contributed by atoms with E-state index in [4.69, 9.17) is 14.2 Å². The van der Waals surface area contributed by atoms with Crippen molar-refractivity contribution in [2.45, 2.75) is 0 Å². The molecule has 23 heavy (non-hydrogen) atoms. The first kappa shape index (κ1) is 16.4. The molecule has 0 fully saturated rings. The van der Waals surface area contributed by atoms with Crippen LogP contribution in [0.1, 0.15) is 11.1 Å². The van der Waals surface area contributed by atoms with Gasteiger partial charge in [-0.25, -0.2) is 0 Å². The lowest BCUT2D eigenvalue weighted by atomic mass is 10.1. The van der Waals surface area contributed by atoms with Crippen LogP contribution < -0.4 is 14.2 Å². The minimum Gasteiger partial charge on any atom is -0.493 e. The zero-order chi connectivity index (χ0) is 16.8. The molecule has 0 amide bonds. The summed E-state index contributed by atoms with van der Waals surface area (Å²) in [6, 6.07) is 12.2. The standard InChI is InChI=1S/C17H17NO5/c1-21-15-10-9-13(16(22-2)17(15)23-3)14(18(19)20)11-12-7-5-4-6-8-12/h4-11H,1-3H3. The van der Waals surface area contributed by atoms with Crippen molar-refractivity contribution >= 4 is 11.8 Å². The van der Waals surface area contributed by atoms with E-state index in [1.807, 2.05) is 18.2 Å². The monoisotopic (exact) mass is 315 g/mol.